The molecule has 1 fully saturated rings. The molecule has 0 radical (unpaired) electrons. The van der Waals surface area contributed by atoms with Crippen molar-refractivity contribution < 1.29 is 14.3 Å². The second-order valence-electron chi connectivity index (χ2n) is 8.90. The van der Waals surface area contributed by atoms with Gasteiger partial charge in [0.05, 0.1) is 6.42 Å². The van der Waals surface area contributed by atoms with Crippen molar-refractivity contribution in [2.75, 3.05) is 18.0 Å². The summed E-state index contributed by atoms with van der Waals surface area (Å²) < 4.78 is 5.50. The molecular weight excluding hydrogens is 376 g/mol. The van der Waals surface area contributed by atoms with E-state index in [0.717, 1.165) is 29.7 Å². The molecule has 1 saturated heterocycles. The summed E-state index contributed by atoms with van der Waals surface area (Å²) in [5.74, 6) is 0.0891. The van der Waals surface area contributed by atoms with E-state index < -0.39 is 5.60 Å². The number of hydrogen-bond acceptors (Lipinski definition) is 3. The number of likely N-dealkylation sites (tertiary alicyclic amines) is 1. The molecule has 160 valence electrons. The first-order valence-corrected chi connectivity index (χ1v) is 10.6. The minimum absolute atomic E-state index is 0.0580. The zero-order valence-electron chi connectivity index (χ0n) is 18.4. The number of anilines is 1. The first-order chi connectivity index (χ1) is 14.2. The number of piperidine rings is 1. The Hall–Kier alpha value is -2.82. The zero-order valence-corrected chi connectivity index (χ0v) is 18.4. The molecule has 1 aliphatic rings. The van der Waals surface area contributed by atoms with Crippen LogP contribution in [0.1, 0.15) is 44.7 Å². The summed E-state index contributed by atoms with van der Waals surface area (Å²) in [6.07, 6.45) is 1.55. The minimum atomic E-state index is -0.506. The molecule has 2 aromatic rings. The average Bonchev–Trinajstić information content (AvgIpc) is 2.70. The van der Waals surface area contributed by atoms with Gasteiger partial charge in [-0.15, -0.1) is 0 Å². The lowest BCUT2D eigenvalue weighted by atomic mass is 10.00. The molecule has 0 aromatic heterocycles. The Kier molecular flexibility index (Phi) is 6.80. The van der Waals surface area contributed by atoms with Crippen molar-refractivity contribution in [3.05, 3.63) is 65.7 Å². The van der Waals surface area contributed by atoms with Gasteiger partial charge in [0.2, 0.25) is 5.91 Å². The Morgan fingerprint density at radius 3 is 2.20 bits per heavy atom. The highest BCUT2D eigenvalue weighted by Gasteiger charge is 2.32. The molecule has 1 heterocycles. The maximum atomic E-state index is 13.4. The summed E-state index contributed by atoms with van der Waals surface area (Å²) in [7, 11) is 0. The van der Waals surface area contributed by atoms with Crippen LogP contribution in [0, 0.1) is 6.92 Å². The van der Waals surface area contributed by atoms with Crippen molar-refractivity contribution in [1.29, 1.82) is 0 Å². The van der Waals surface area contributed by atoms with Crippen molar-refractivity contribution >= 4 is 17.7 Å². The highest BCUT2D eigenvalue weighted by atomic mass is 16.6. The van der Waals surface area contributed by atoms with Crippen LogP contribution in [0.3, 0.4) is 0 Å². The number of benzene rings is 2. The van der Waals surface area contributed by atoms with Crippen LogP contribution < -0.4 is 4.90 Å². The van der Waals surface area contributed by atoms with Crippen LogP contribution in [0.4, 0.5) is 10.5 Å². The van der Waals surface area contributed by atoms with Gasteiger partial charge >= 0.3 is 6.09 Å². The lowest BCUT2D eigenvalue weighted by molar-refractivity contribution is -0.118. The SMILES string of the molecule is Cc1ccccc1CC(=O)N(c1ccccc1)C1CCN(C(=O)OC(C)(C)C)CC1. The van der Waals surface area contributed by atoms with E-state index in [0.29, 0.717) is 19.5 Å². The molecular formula is C25H32N2O3. The summed E-state index contributed by atoms with van der Waals surface area (Å²) in [6.45, 7) is 8.83. The average molecular weight is 409 g/mol. The number of amides is 2. The van der Waals surface area contributed by atoms with Crippen LogP contribution in [-0.2, 0) is 16.0 Å². The second-order valence-corrected chi connectivity index (χ2v) is 8.90. The molecule has 0 bridgehead atoms. The van der Waals surface area contributed by atoms with Crippen molar-refractivity contribution in [1.82, 2.24) is 4.90 Å². The fourth-order valence-electron chi connectivity index (χ4n) is 3.84. The Labute approximate surface area is 179 Å². The summed E-state index contributed by atoms with van der Waals surface area (Å²) in [4.78, 5) is 29.5. The number of para-hydroxylation sites is 1. The number of carbonyl (C=O) groups is 2. The fourth-order valence-corrected chi connectivity index (χ4v) is 3.84. The Balaban J connectivity index is 1.74. The van der Waals surface area contributed by atoms with E-state index in [1.54, 1.807) is 4.90 Å². The van der Waals surface area contributed by atoms with E-state index in [1.165, 1.54) is 0 Å². The minimum Gasteiger partial charge on any atom is -0.444 e. The first kappa shape index (κ1) is 21.9. The van der Waals surface area contributed by atoms with Crippen LogP contribution in [0.15, 0.2) is 54.6 Å². The predicted molar refractivity (Wildman–Crippen MR) is 120 cm³/mol. The maximum Gasteiger partial charge on any atom is 0.410 e. The number of nitrogens with zero attached hydrogens (tertiary/aromatic N) is 2. The van der Waals surface area contributed by atoms with E-state index in [2.05, 4.69) is 0 Å². The fraction of sp³-hybridized carbons (Fsp3) is 0.440. The molecule has 5 heteroatoms. The number of aryl methyl sites for hydroxylation is 1. The molecule has 30 heavy (non-hydrogen) atoms. The van der Waals surface area contributed by atoms with Crippen LogP contribution in [-0.4, -0.2) is 41.6 Å². The predicted octanol–water partition coefficient (Wildman–Crippen LogP) is 4.97. The van der Waals surface area contributed by atoms with Crippen molar-refractivity contribution in [3.63, 3.8) is 0 Å². The highest BCUT2D eigenvalue weighted by molar-refractivity contribution is 5.95. The number of rotatable bonds is 4. The topological polar surface area (TPSA) is 49.9 Å². The third kappa shape index (κ3) is 5.62. The smallest absolute Gasteiger partial charge is 0.410 e. The quantitative estimate of drug-likeness (QED) is 0.718. The molecule has 2 amide bonds. The molecule has 0 aliphatic carbocycles. The van der Waals surface area contributed by atoms with Crippen LogP contribution in [0.25, 0.3) is 0 Å². The van der Waals surface area contributed by atoms with Gasteiger partial charge < -0.3 is 14.5 Å². The summed E-state index contributed by atoms with van der Waals surface area (Å²) >= 11 is 0. The molecule has 0 spiro atoms. The van der Waals surface area contributed by atoms with Gasteiger partial charge in [0.1, 0.15) is 5.60 Å². The summed E-state index contributed by atoms with van der Waals surface area (Å²) in [6, 6.07) is 17.9. The monoisotopic (exact) mass is 408 g/mol. The van der Waals surface area contributed by atoms with Gasteiger partial charge in [-0.1, -0.05) is 42.5 Å². The van der Waals surface area contributed by atoms with Crippen LogP contribution in [0.2, 0.25) is 0 Å². The van der Waals surface area contributed by atoms with Gasteiger partial charge in [-0.25, -0.2) is 4.79 Å². The Morgan fingerprint density at radius 2 is 1.60 bits per heavy atom. The van der Waals surface area contributed by atoms with Gasteiger partial charge in [0.25, 0.3) is 0 Å². The Bertz CT molecular complexity index is 865. The van der Waals surface area contributed by atoms with Gasteiger partial charge in [-0.3, -0.25) is 4.79 Å². The molecule has 5 nitrogen and oxygen atoms in total. The number of carbonyl (C=O) groups excluding carboxylic acids is 2. The number of hydrogen-bond donors (Lipinski definition) is 0. The van der Waals surface area contributed by atoms with Gasteiger partial charge in [0, 0.05) is 24.8 Å². The third-order valence-corrected chi connectivity index (χ3v) is 5.39. The van der Waals surface area contributed by atoms with Crippen LogP contribution >= 0.6 is 0 Å². The standard InChI is InChI=1S/C25H32N2O3/c1-19-10-8-9-11-20(19)18-23(28)27(21-12-6-5-7-13-21)22-14-16-26(17-15-22)24(29)30-25(2,3)4/h5-13,22H,14-18H2,1-4H3. The van der Waals surface area contributed by atoms with Crippen molar-refractivity contribution in [3.8, 4) is 0 Å². The van der Waals surface area contributed by atoms with Crippen molar-refractivity contribution in [2.45, 2.75) is 58.6 Å². The molecule has 0 N–H and O–H groups in total. The van der Waals surface area contributed by atoms with E-state index in [9.17, 15) is 9.59 Å². The third-order valence-electron chi connectivity index (χ3n) is 5.39. The molecule has 0 saturated carbocycles. The largest absolute Gasteiger partial charge is 0.444 e. The summed E-state index contributed by atoms with van der Waals surface area (Å²) in [5.41, 5.74) is 2.58. The van der Waals surface area contributed by atoms with Gasteiger partial charge in [-0.2, -0.15) is 0 Å². The van der Waals surface area contributed by atoms with E-state index in [1.807, 2.05) is 87.2 Å². The molecule has 0 atom stereocenters. The lowest BCUT2D eigenvalue weighted by Gasteiger charge is -2.39. The normalized spacial score (nSPS) is 15.0. The molecule has 3 rings (SSSR count). The van der Waals surface area contributed by atoms with Gasteiger partial charge in [0.15, 0.2) is 0 Å². The molecule has 2 aromatic carbocycles. The first-order valence-electron chi connectivity index (χ1n) is 10.6. The summed E-state index contributed by atoms with van der Waals surface area (Å²) in [5, 5.41) is 0. The molecule has 0 unspecified atom stereocenters. The zero-order chi connectivity index (χ0) is 21.7. The van der Waals surface area contributed by atoms with E-state index in [4.69, 9.17) is 4.74 Å². The second kappa shape index (κ2) is 9.33. The van der Waals surface area contributed by atoms with E-state index >= 15 is 0 Å². The van der Waals surface area contributed by atoms with Gasteiger partial charge in [-0.05, 0) is 63.8 Å². The lowest BCUT2D eigenvalue weighted by Crippen LogP contribution is -2.50. The highest BCUT2D eigenvalue weighted by Crippen LogP contribution is 2.26. The van der Waals surface area contributed by atoms with Crippen molar-refractivity contribution in [2.24, 2.45) is 0 Å². The molecule has 1 aliphatic heterocycles. The Morgan fingerprint density at radius 1 is 1.00 bits per heavy atom. The maximum absolute atomic E-state index is 13.4. The van der Waals surface area contributed by atoms with Crippen LogP contribution in [0.5, 0.6) is 0 Å². The number of ether oxygens (including phenoxy) is 1. The van der Waals surface area contributed by atoms with E-state index in [-0.39, 0.29) is 18.0 Å².